The number of amides is 1. The van der Waals surface area contributed by atoms with Crippen molar-refractivity contribution in [3.8, 4) is 0 Å². The van der Waals surface area contributed by atoms with Crippen LogP contribution in [-0.4, -0.2) is 60.8 Å². The van der Waals surface area contributed by atoms with Gasteiger partial charge in [-0.1, -0.05) is 6.92 Å². The number of rotatable bonds is 3. The van der Waals surface area contributed by atoms with Gasteiger partial charge in [-0.2, -0.15) is 4.31 Å². The van der Waals surface area contributed by atoms with Crippen LogP contribution in [0.3, 0.4) is 0 Å². The molecule has 0 aromatic heterocycles. The lowest BCUT2D eigenvalue weighted by molar-refractivity contribution is 0.126. The number of carboxylic acid groups (broad SMARTS) is 1. The van der Waals surface area contributed by atoms with E-state index >= 15 is 0 Å². The standard InChI is InChI=1S/C8H16N2O4S/c1-2-7-15(13,14)10-5-3-9(4-6-10)8(11)12/h2-7H2,1H3,(H,11,12). The Hall–Kier alpha value is -0.820. The van der Waals surface area contributed by atoms with E-state index < -0.39 is 16.1 Å². The summed E-state index contributed by atoms with van der Waals surface area (Å²) in [6.45, 7) is 2.88. The van der Waals surface area contributed by atoms with Crippen molar-refractivity contribution in [1.29, 1.82) is 0 Å². The summed E-state index contributed by atoms with van der Waals surface area (Å²) >= 11 is 0. The van der Waals surface area contributed by atoms with Crippen molar-refractivity contribution in [3.63, 3.8) is 0 Å². The highest BCUT2D eigenvalue weighted by Crippen LogP contribution is 2.08. The molecule has 1 amide bonds. The molecule has 1 aliphatic heterocycles. The number of nitrogens with zero attached hydrogens (tertiary/aromatic N) is 2. The molecule has 0 radical (unpaired) electrons. The van der Waals surface area contributed by atoms with E-state index in [4.69, 9.17) is 5.11 Å². The summed E-state index contributed by atoms with van der Waals surface area (Å²) in [5.74, 6) is 0.139. The number of sulfonamides is 1. The molecule has 7 heteroatoms. The third kappa shape index (κ3) is 3.07. The van der Waals surface area contributed by atoms with Gasteiger partial charge in [0.2, 0.25) is 10.0 Å². The molecule has 0 atom stereocenters. The molecule has 0 bridgehead atoms. The molecular weight excluding hydrogens is 220 g/mol. The first-order valence-corrected chi connectivity index (χ1v) is 6.54. The number of hydrogen-bond donors (Lipinski definition) is 1. The zero-order valence-corrected chi connectivity index (χ0v) is 9.53. The number of piperazine rings is 1. The maximum atomic E-state index is 11.6. The maximum absolute atomic E-state index is 11.6. The molecule has 0 aliphatic carbocycles. The van der Waals surface area contributed by atoms with Crippen molar-refractivity contribution in [2.45, 2.75) is 13.3 Å². The van der Waals surface area contributed by atoms with Gasteiger partial charge in [0.15, 0.2) is 0 Å². The molecule has 0 aromatic carbocycles. The molecule has 1 fully saturated rings. The summed E-state index contributed by atoms with van der Waals surface area (Å²) in [5, 5.41) is 8.69. The summed E-state index contributed by atoms with van der Waals surface area (Å²) in [6.07, 6.45) is -0.399. The SMILES string of the molecule is CCCS(=O)(=O)N1CCN(C(=O)O)CC1. The fraction of sp³-hybridized carbons (Fsp3) is 0.875. The van der Waals surface area contributed by atoms with Crippen LogP contribution >= 0.6 is 0 Å². The Labute approximate surface area is 89.5 Å². The van der Waals surface area contributed by atoms with Crippen LogP contribution in [0.2, 0.25) is 0 Å². The molecular formula is C8H16N2O4S. The second-order valence-corrected chi connectivity index (χ2v) is 5.57. The van der Waals surface area contributed by atoms with Gasteiger partial charge >= 0.3 is 6.09 Å². The summed E-state index contributed by atoms with van der Waals surface area (Å²) in [7, 11) is -3.17. The Morgan fingerprint density at radius 1 is 1.27 bits per heavy atom. The van der Waals surface area contributed by atoms with E-state index in [9.17, 15) is 13.2 Å². The molecule has 0 saturated carbocycles. The molecule has 1 saturated heterocycles. The van der Waals surface area contributed by atoms with E-state index in [1.54, 1.807) is 0 Å². The maximum Gasteiger partial charge on any atom is 0.407 e. The Kier molecular flexibility index (Phi) is 3.92. The zero-order valence-electron chi connectivity index (χ0n) is 8.72. The quantitative estimate of drug-likeness (QED) is 0.749. The molecule has 15 heavy (non-hydrogen) atoms. The van der Waals surface area contributed by atoms with Gasteiger partial charge < -0.3 is 10.0 Å². The van der Waals surface area contributed by atoms with Crippen LogP contribution in [0.25, 0.3) is 0 Å². The first kappa shape index (κ1) is 12.3. The Morgan fingerprint density at radius 2 is 1.80 bits per heavy atom. The number of carbonyl (C=O) groups is 1. The van der Waals surface area contributed by atoms with Gasteiger partial charge in [0.25, 0.3) is 0 Å². The average Bonchev–Trinajstić information content (AvgIpc) is 2.18. The Morgan fingerprint density at radius 3 is 2.20 bits per heavy atom. The predicted molar refractivity (Wildman–Crippen MR) is 55.2 cm³/mol. The lowest BCUT2D eigenvalue weighted by Gasteiger charge is -2.32. The lowest BCUT2D eigenvalue weighted by atomic mass is 10.4. The molecule has 0 spiro atoms. The van der Waals surface area contributed by atoms with Crippen LogP contribution in [0.4, 0.5) is 4.79 Å². The molecule has 1 heterocycles. The zero-order chi connectivity index (χ0) is 11.5. The summed E-state index contributed by atoms with van der Waals surface area (Å²) in [4.78, 5) is 11.8. The molecule has 1 N–H and O–H groups in total. The van der Waals surface area contributed by atoms with Crippen LogP contribution in [0, 0.1) is 0 Å². The van der Waals surface area contributed by atoms with Gasteiger partial charge in [-0.15, -0.1) is 0 Å². The Balaban J connectivity index is 2.54. The van der Waals surface area contributed by atoms with E-state index in [1.165, 1.54) is 9.21 Å². The van der Waals surface area contributed by atoms with E-state index in [2.05, 4.69) is 0 Å². The van der Waals surface area contributed by atoms with E-state index in [0.717, 1.165) is 0 Å². The highest BCUT2D eigenvalue weighted by atomic mass is 32.2. The normalized spacial score (nSPS) is 19.1. The van der Waals surface area contributed by atoms with Crippen LogP contribution in [-0.2, 0) is 10.0 Å². The van der Waals surface area contributed by atoms with Crippen molar-refractivity contribution in [1.82, 2.24) is 9.21 Å². The van der Waals surface area contributed by atoms with Gasteiger partial charge in [0.05, 0.1) is 5.75 Å². The summed E-state index contributed by atoms with van der Waals surface area (Å²) in [5.41, 5.74) is 0. The van der Waals surface area contributed by atoms with E-state index in [0.29, 0.717) is 6.42 Å². The third-order valence-corrected chi connectivity index (χ3v) is 4.44. The Bertz CT molecular complexity index is 320. The first-order chi connectivity index (χ1) is 6.97. The van der Waals surface area contributed by atoms with Crippen molar-refractivity contribution < 1.29 is 18.3 Å². The van der Waals surface area contributed by atoms with Crippen LogP contribution < -0.4 is 0 Å². The first-order valence-electron chi connectivity index (χ1n) is 4.93. The van der Waals surface area contributed by atoms with Crippen molar-refractivity contribution in [2.75, 3.05) is 31.9 Å². The second kappa shape index (κ2) is 4.80. The highest BCUT2D eigenvalue weighted by molar-refractivity contribution is 7.89. The van der Waals surface area contributed by atoms with Crippen molar-refractivity contribution >= 4 is 16.1 Å². The van der Waals surface area contributed by atoms with Gasteiger partial charge in [-0.05, 0) is 6.42 Å². The third-order valence-electron chi connectivity index (χ3n) is 2.36. The second-order valence-electron chi connectivity index (χ2n) is 3.48. The van der Waals surface area contributed by atoms with Crippen LogP contribution in [0.5, 0.6) is 0 Å². The lowest BCUT2D eigenvalue weighted by Crippen LogP contribution is -2.50. The minimum atomic E-state index is -3.17. The van der Waals surface area contributed by atoms with Gasteiger partial charge in [0.1, 0.15) is 0 Å². The average molecular weight is 236 g/mol. The van der Waals surface area contributed by atoms with Gasteiger partial charge in [-0.3, -0.25) is 0 Å². The fourth-order valence-electron chi connectivity index (χ4n) is 1.54. The predicted octanol–water partition coefficient (Wildman–Crippen LogP) is 0.0218. The van der Waals surface area contributed by atoms with Crippen molar-refractivity contribution in [2.24, 2.45) is 0 Å². The van der Waals surface area contributed by atoms with Gasteiger partial charge in [-0.25, -0.2) is 13.2 Å². The largest absolute Gasteiger partial charge is 0.465 e. The molecule has 1 aliphatic rings. The molecule has 0 unspecified atom stereocenters. The molecule has 0 aromatic rings. The molecule has 88 valence electrons. The topological polar surface area (TPSA) is 77.9 Å². The van der Waals surface area contributed by atoms with Crippen LogP contribution in [0.1, 0.15) is 13.3 Å². The summed E-state index contributed by atoms with van der Waals surface area (Å²) < 4.78 is 24.6. The molecule has 1 rings (SSSR count). The van der Waals surface area contributed by atoms with E-state index in [-0.39, 0.29) is 31.9 Å². The van der Waals surface area contributed by atoms with Gasteiger partial charge in [0, 0.05) is 26.2 Å². The monoisotopic (exact) mass is 236 g/mol. The minimum Gasteiger partial charge on any atom is -0.465 e. The van der Waals surface area contributed by atoms with Crippen molar-refractivity contribution in [3.05, 3.63) is 0 Å². The number of hydrogen-bond acceptors (Lipinski definition) is 3. The summed E-state index contributed by atoms with van der Waals surface area (Å²) in [6, 6.07) is 0. The van der Waals surface area contributed by atoms with Crippen LogP contribution in [0.15, 0.2) is 0 Å². The highest BCUT2D eigenvalue weighted by Gasteiger charge is 2.27. The molecule has 6 nitrogen and oxygen atoms in total. The minimum absolute atomic E-state index is 0.139. The smallest absolute Gasteiger partial charge is 0.407 e. The fourth-order valence-corrected chi connectivity index (χ4v) is 3.04. The van der Waals surface area contributed by atoms with E-state index in [1.807, 2.05) is 6.92 Å².